The molecule has 0 bridgehead atoms. The minimum atomic E-state index is -2.15. The molecule has 2 aromatic rings. The van der Waals surface area contributed by atoms with E-state index in [1.54, 1.807) is 0 Å². The molecule has 238 valence electrons. The molecule has 1 saturated carbocycles. The average molecular weight is 652 g/mol. The van der Waals surface area contributed by atoms with Crippen molar-refractivity contribution < 1.29 is 57.8 Å². The van der Waals surface area contributed by atoms with Crippen LogP contribution in [0.4, 0.5) is 13.6 Å². The average Bonchev–Trinajstić information content (AvgIpc) is 3.70. The number of nitrogens with one attached hydrogen (secondary N) is 2. The number of carboxylic acids is 1. The van der Waals surface area contributed by atoms with Gasteiger partial charge in [0.2, 0.25) is 5.91 Å². The van der Waals surface area contributed by atoms with Crippen LogP contribution in [-0.4, -0.2) is 98.1 Å². The first-order valence-electron chi connectivity index (χ1n) is 13.4. The van der Waals surface area contributed by atoms with Crippen LogP contribution in [-0.2, 0) is 20.8 Å². The Hall–Kier alpha value is -4.68. The summed E-state index contributed by atoms with van der Waals surface area (Å²) in [5, 5.41) is 43.3. The number of aromatic carboxylic acids is 1. The number of piperazine rings is 1. The number of amides is 5. The largest absolute Gasteiger partial charge is 0.547 e. The van der Waals surface area contributed by atoms with E-state index in [0.717, 1.165) is 12.1 Å². The lowest BCUT2D eigenvalue weighted by Gasteiger charge is -2.35. The number of fused-ring (bicyclic) bond motifs is 1. The molecule has 0 aromatic heterocycles. The molecule has 3 aliphatic rings. The van der Waals surface area contributed by atoms with Gasteiger partial charge in [-0.2, -0.15) is 0 Å². The van der Waals surface area contributed by atoms with E-state index in [2.05, 4.69) is 10.6 Å². The summed E-state index contributed by atoms with van der Waals surface area (Å²) in [5.41, 5.74) is 3.79. The molecule has 5 rings (SSSR count). The standard InChI is InChI=1S/C26H25BClF2N5O10/c28-17-15(12(30)8-13(36)19(17)37)18(33-25(43)35-6-5-34(22(39)23(35)40)9-26(31)3-4-26)21(38)32-14-7-10-1-2-11(29)16(24(41)42)20(10)45-27(14)44/h1-2,8,14,18,36-37,44H,3-7,9,31H2,(H,32,38)(H,33,43)(H,41,42)/t14-,18+/m0/s1. The molecule has 5 amide bonds. The number of rotatable bonds is 7. The minimum Gasteiger partial charge on any atom is -0.534 e. The number of aromatic hydroxyl groups is 2. The Labute approximate surface area is 257 Å². The number of hydrogen-bond acceptors (Lipinski definition) is 10. The third-order valence-electron chi connectivity index (χ3n) is 7.73. The topological polar surface area (TPSA) is 232 Å². The molecule has 0 radical (unpaired) electrons. The van der Waals surface area contributed by atoms with Crippen molar-refractivity contribution >= 4 is 48.4 Å². The van der Waals surface area contributed by atoms with Gasteiger partial charge < -0.3 is 46.3 Å². The number of urea groups is 1. The summed E-state index contributed by atoms with van der Waals surface area (Å²) < 4.78 is 34.5. The van der Waals surface area contributed by atoms with E-state index in [1.165, 1.54) is 4.90 Å². The zero-order valence-corrected chi connectivity index (χ0v) is 23.8. The molecule has 2 heterocycles. The Morgan fingerprint density at radius 3 is 2.49 bits per heavy atom. The van der Waals surface area contributed by atoms with Gasteiger partial charge in [-0.25, -0.2) is 18.4 Å². The summed E-state index contributed by atoms with van der Waals surface area (Å²) in [6.07, 6.45) is 0.988. The molecule has 0 spiro atoms. The lowest BCUT2D eigenvalue weighted by Crippen LogP contribution is -2.61. The summed E-state index contributed by atoms with van der Waals surface area (Å²) in [6, 6.07) is -1.05. The summed E-state index contributed by atoms with van der Waals surface area (Å²) in [6.45, 7) is -0.291. The Morgan fingerprint density at radius 2 is 1.84 bits per heavy atom. The van der Waals surface area contributed by atoms with Gasteiger partial charge in [0, 0.05) is 36.8 Å². The maximum Gasteiger partial charge on any atom is 0.547 e. The molecule has 2 aromatic carbocycles. The second kappa shape index (κ2) is 11.7. The fourth-order valence-electron chi connectivity index (χ4n) is 5.09. The maximum atomic E-state index is 15.2. The maximum absolute atomic E-state index is 15.2. The van der Waals surface area contributed by atoms with Crippen LogP contribution in [0.15, 0.2) is 18.2 Å². The summed E-state index contributed by atoms with van der Waals surface area (Å²) in [5.74, 6) is -11.7. The Bertz CT molecular complexity index is 1640. The molecule has 45 heavy (non-hydrogen) atoms. The Balaban J connectivity index is 1.41. The molecular weight excluding hydrogens is 627 g/mol. The Kier molecular flexibility index (Phi) is 8.24. The fraction of sp³-hybridized carbons (Fsp3) is 0.346. The van der Waals surface area contributed by atoms with Crippen LogP contribution in [0.25, 0.3) is 0 Å². The van der Waals surface area contributed by atoms with Gasteiger partial charge in [-0.15, -0.1) is 0 Å². The third-order valence-corrected chi connectivity index (χ3v) is 8.11. The van der Waals surface area contributed by atoms with Crippen molar-refractivity contribution in [2.24, 2.45) is 5.73 Å². The van der Waals surface area contributed by atoms with Crippen LogP contribution in [0.2, 0.25) is 5.02 Å². The van der Waals surface area contributed by atoms with Gasteiger partial charge in [-0.1, -0.05) is 17.7 Å². The zero-order valence-electron chi connectivity index (χ0n) is 23.1. The van der Waals surface area contributed by atoms with Gasteiger partial charge in [-0.05, 0) is 30.9 Å². The predicted molar refractivity (Wildman–Crippen MR) is 148 cm³/mol. The zero-order chi connectivity index (χ0) is 33.0. The number of benzene rings is 2. The van der Waals surface area contributed by atoms with E-state index < -0.39 is 99.4 Å². The molecule has 8 N–H and O–H groups in total. The predicted octanol–water partition coefficient (Wildman–Crippen LogP) is -0.220. The number of imide groups is 1. The molecule has 1 saturated heterocycles. The van der Waals surface area contributed by atoms with Crippen LogP contribution in [0.3, 0.4) is 0 Å². The summed E-state index contributed by atoms with van der Waals surface area (Å²) >= 11 is 6.05. The van der Waals surface area contributed by atoms with Crippen molar-refractivity contribution in [1.29, 1.82) is 0 Å². The molecule has 2 aliphatic heterocycles. The van der Waals surface area contributed by atoms with Crippen LogP contribution >= 0.6 is 11.6 Å². The number of carbonyl (C=O) groups excluding carboxylic acids is 4. The van der Waals surface area contributed by atoms with E-state index in [9.17, 15) is 48.7 Å². The number of nitrogens with two attached hydrogens (primary N) is 1. The highest BCUT2D eigenvalue weighted by Gasteiger charge is 2.46. The molecule has 2 fully saturated rings. The van der Waals surface area contributed by atoms with E-state index in [0.29, 0.717) is 23.8 Å². The highest BCUT2D eigenvalue weighted by Crippen LogP contribution is 2.40. The van der Waals surface area contributed by atoms with E-state index in [-0.39, 0.29) is 31.6 Å². The van der Waals surface area contributed by atoms with Crippen LogP contribution in [0.5, 0.6) is 17.2 Å². The van der Waals surface area contributed by atoms with E-state index >= 15 is 4.39 Å². The normalized spacial score (nSPS) is 19.4. The number of carboxylic acid groups (broad SMARTS) is 1. The monoisotopic (exact) mass is 651 g/mol. The Morgan fingerprint density at radius 1 is 1.16 bits per heavy atom. The SMILES string of the molecule is NC1(CN2CCN(C(=O)N[C@@H](C(=O)N[C@H]3Cc4ccc(F)c(C(=O)O)c4OB3O)c3c(F)cc(O)c(O)c3Cl)C(=O)C2=O)CC1. The molecule has 19 heteroatoms. The van der Waals surface area contributed by atoms with Gasteiger partial charge in [0.1, 0.15) is 29.0 Å². The lowest BCUT2D eigenvalue weighted by atomic mass is 9.72. The molecule has 0 unspecified atom stereocenters. The summed E-state index contributed by atoms with van der Waals surface area (Å²) in [7, 11) is -1.96. The van der Waals surface area contributed by atoms with Crippen LogP contribution in [0, 0.1) is 11.6 Å². The molecular formula is C26H25BClF2N5O10. The molecule has 15 nitrogen and oxygen atoms in total. The highest BCUT2D eigenvalue weighted by molar-refractivity contribution is 6.47. The second-order valence-corrected chi connectivity index (χ2v) is 11.3. The second-order valence-electron chi connectivity index (χ2n) is 10.9. The minimum absolute atomic E-state index is 0.0731. The highest BCUT2D eigenvalue weighted by atomic mass is 35.5. The first kappa shape index (κ1) is 31.7. The molecule has 1 aliphatic carbocycles. The van der Waals surface area contributed by atoms with Gasteiger partial charge in [0.05, 0.1) is 11.0 Å². The third kappa shape index (κ3) is 6.03. The number of halogens is 3. The number of phenols is 2. The smallest absolute Gasteiger partial charge is 0.534 e. The van der Waals surface area contributed by atoms with Crippen LogP contribution in [0.1, 0.15) is 40.4 Å². The quantitative estimate of drug-likeness (QED) is 0.117. The van der Waals surface area contributed by atoms with E-state index in [1.807, 2.05) is 0 Å². The van der Waals surface area contributed by atoms with Gasteiger partial charge in [0.15, 0.2) is 11.5 Å². The number of nitrogens with zero attached hydrogens (tertiary/aromatic N) is 2. The van der Waals surface area contributed by atoms with Gasteiger partial charge in [0.25, 0.3) is 0 Å². The summed E-state index contributed by atoms with van der Waals surface area (Å²) in [4.78, 5) is 65.5. The molecule has 2 atom stereocenters. The number of hydrogen-bond donors (Lipinski definition) is 7. The fourth-order valence-corrected chi connectivity index (χ4v) is 5.39. The van der Waals surface area contributed by atoms with Crippen molar-refractivity contribution in [3.63, 3.8) is 0 Å². The van der Waals surface area contributed by atoms with Crippen molar-refractivity contribution in [3.8, 4) is 17.2 Å². The first-order valence-corrected chi connectivity index (χ1v) is 13.8. The van der Waals surface area contributed by atoms with Crippen LogP contribution < -0.4 is 21.0 Å². The van der Waals surface area contributed by atoms with Crippen molar-refractivity contribution in [2.75, 3.05) is 19.6 Å². The van der Waals surface area contributed by atoms with Gasteiger partial charge in [-0.3, -0.25) is 19.3 Å². The van der Waals surface area contributed by atoms with E-state index in [4.69, 9.17) is 22.0 Å². The van der Waals surface area contributed by atoms with Crippen molar-refractivity contribution in [2.45, 2.75) is 36.8 Å². The lowest BCUT2D eigenvalue weighted by molar-refractivity contribution is -0.154. The van der Waals surface area contributed by atoms with Crippen molar-refractivity contribution in [3.05, 3.63) is 51.5 Å². The number of carbonyl (C=O) groups is 5. The van der Waals surface area contributed by atoms with Gasteiger partial charge >= 0.3 is 30.9 Å². The number of phenolic OH excluding ortho intramolecular Hbond substituents is 2. The van der Waals surface area contributed by atoms with Crippen molar-refractivity contribution in [1.82, 2.24) is 20.4 Å². The first-order chi connectivity index (χ1) is 21.1.